The molecule has 1 aliphatic rings. The molecule has 2 aromatic rings. The predicted octanol–water partition coefficient (Wildman–Crippen LogP) is 1.80. The molecular weight excluding hydrogens is 310 g/mol. The van der Waals surface area contributed by atoms with E-state index in [0.717, 1.165) is 18.4 Å². The van der Waals surface area contributed by atoms with Gasteiger partial charge < -0.3 is 15.1 Å². The molecule has 1 saturated carbocycles. The predicted molar refractivity (Wildman–Crippen MR) is 92.6 cm³/mol. The summed E-state index contributed by atoms with van der Waals surface area (Å²) in [5, 5.41) is 0. The normalized spacial score (nSPS) is 25.4. The van der Waals surface area contributed by atoms with Gasteiger partial charge in [0.05, 0.1) is 12.4 Å². The molecule has 3 rings (SSSR count). The molecule has 1 aliphatic carbocycles. The number of nitrogens with zero attached hydrogens (tertiary/aromatic N) is 3. The lowest BCUT2D eigenvalue weighted by molar-refractivity contribution is 0.472. The maximum Gasteiger partial charge on any atom is 0.280 e. The van der Waals surface area contributed by atoms with Crippen LogP contribution in [0.2, 0.25) is 18.6 Å². The van der Waals surface area contributed by atoms with E-state index in [1.54, 1.807) is 6.33 Å². The second kappa shape index (κ2) is 5.31. The highest BCUT2D eigenvalue weighted by molar-refractivity contribution is 6.71. The van der Waals surface area contributed by atoms with Gasteiger partial charge in [-0.05, 0) is 37.4 Å². The fraction of sp³-hybridized carbons (Fsp3) is 0.533. The average Bonchev–Trinajstić information content (AvgIpc) is 2.99. The Hall–Kier alpha value is -1.93. The standard InChI is InChI=1S/C15H23N5O2Si/c1-5-9-8(2)10(6-11(9)23(3,4)22)20-7-17-12-13(20)18-15(16)19-14(12)21/h7,9-11,22H,2,5-6H2,1,3-4H3,(H3,16,18,19,21)/t9-,10-,11-/m0/s1. The Morgan fingerprint density at radius 3 is 2.83 bits per heavy atom. The first-order valence-corrected chi connectivity index (χ1v) is 10.9. The number of aromatic amines is 1. The molecule has 0 radical (unpaired) electrons. The van der Waals surface area contributed by atoms with Crippen LogP contribution in [0.15, 0.2) is 23.3 Å². The summed E-state index contributed by atoms with van der Waals surface area (Å²) in [5.74, 6) is 0.358. The minimum atomic E-state index is -2.30. The molecule has 0 aliphatic heterocycles. The second-order valence-electron chi connectivity index (χ2n) is 6.88. The smallest absolute Gasteiger partial charge is 0.280 e. The van der Waals surface area contributed by atoms with Crippen LogP contribution >= 0.6 is 0 Å². The Balaban J connectivity index is 2.09. The minimum absolute atomic E-state index is 0.0115. The third-order valence-electron chi connectivity index (χ3n) is 5.00. The summed E-state index contributed by atoms with van der Waals surface area (Å²) in [5.41, 5.74) is 7.41. The van der Waals surface area contributed by atoms with Crippen LogP contribution in [0.3, 0.4) is 0 Å². The average molecular weight is 333 g/mol. The number of rotatable bonds is 3. The van der Waals surface area contributed by atoms with Gasteiger partial charge in [-0.2, -0.15) is 4.98 Å². The summed E-state index contributed by atoms with van der Waals surface area (Å²) in [4.78, 5) is 33.5. The van der Waals surface area contributed by atoms with Crippen molar-refractivity contribution in [2.45, 2.75) is 44.4 Å². The number of H-pyrrole nitrogens is 1. The third kappa shape index (κ3) is 2.51. The summed E-state index contributed by atoms with van der Waals surface area (Å²) < 4.78 is 1.88. The van der Waals surface area contributed by atoms with Crippen LogP contribution in [0, 0.1) is 5.92 Å². The number of aromatic nitrogens is 4. The van der Waals surface area contributed by atoms with E-state index >= 15 is 0 Å². The molecule has 23 heavy (non-hydrogen) atoms. The summed E-state index contributed by atoms with van der Waals surface area (Å²) in [6.45, 7) is 10.4. The first kappa shape index (κ1) is 15.9. The Morgan fingerprint density at radius 2 is 2.26 bits per heavy atom. The van der Waals surface area contributed by atoms with Crippen LogP contribution in [-0.4, -0.2) is 32.6 Å². The molecule has 4 N–H and O–H groups in total. The number of anilines is 1. The van der Waals surface area contributed by atoms with E-state index in [2.05, 4.69) is 28.5 Å². The third-order valence-corrected chi connectivity index (χ3v) is 7.45. The lowest BCUT2D eigenvalue weighted by Gasteiger charge is -2.27. The molecule has 0 saturated heterocycles. The molecule has 2 aromatic heterocycles. The number of fused-ring (bicyclic) bond motifs is 1. The molecular formula is C15H23N5O2Si. The number of hydrogen-bond donors (Lipinski definition) is 3. The number of nitrogens with two attached hydrogens (primary N) is 1. The van der Waals surface area contributed by atoms with E-state index in [-0.39, 0.29) is 34.5 Å². The maximum atomic E-state index is 11.9. The van der Waals surface area contributed by atoms with Crippen molar-refractivity contribution in [3.05, 3.63) is 28.8 Å². The van der Waals surface area contributed by atoms with Gasteiger partial charge in [-0.15, -0.1) is 0 Å². The highest BCUT2D eigenvalue weighted by Crippen LogP contribution is 2.52. The summed E-state index contributed by atoms with van der Waals surface area (Å²) in [6.07, 6.45) is 3.37. The van der Waals surface area contributed by atoms with Gasteiger partial charge in [0.1, 0.15) is 0 Å². The van der Waals surface area contributed by atoms with Crippen LogP contribution in [0.1, 0.15) is 25.8 Å². The van der Waals surface area contributed by atoms with Gasteiger partial charge in [-0.25, -0.2) is 4.98 Å². The van der Waals surface area contributed by atoms with Crippen molar-refractivity contribution in [2.75, 3.05) is 5.73 Å². The van der Waals surface area contributed by atoms with Gasteiger partial charge in [-0.1, -0.05) is 19.1 Å². The zero-order valence-corrected chi connectivity index (χ0v) is 14.7. The fourth-order valence-electron chi connectivity index (χ4n) is 3.85. The van der Waals surface area contributed by atoms with E-state index in [1.807, 2.05) is 17.7 Å². The van der Waals surface area contributed by atoms with E-state index in [1.165, 1.54) is 0 Å². The number of nitrogens with one attached hydrogen (secondary N) is 1. The van der Waals surface area contributed by atoms with E-state index in [0.29, 0.717) is 5.65 Å². The molecule has 0 aromatic carbocycles. The number of allylic oxidation sites excluding steroid dienone is 1. The Labute approximate surface area is 135 Å². The molecule has 8 heteroatoms. The highest BCUT2D eigenvalue weighted by atomic mass is 28.4. The van der Waals surface area contributed by atoms with Crippen LogP contribution in [0.4, 0.5) is 5.95 Å². The Kier molecular flexibility index (Phi) is 3.68. The second-order valence-corrected chi connectivity index (χ2v) is 10.9. The summed E-state index contributed by atoms with van der Waals surface area (Å²) in [7, 11) is -2.30. The Morgan fingerprint density at radius 1 is 1.57 bits per heavy atom. The van der Waals surface area contributed by atoms with Gasteiger partial charge in [-0.3, -0.25) is 9.78 Å². The quantitative estimate of drug-likeness (QED) is 0.586. The largest absolute Gasteiger partial charge is 0.432 e. The van der Waals surface area contributed by atoms with Crippen molar-refractivity contribution >= 4 is 25.4 Å². The minimum Gasteiger partial charge on any atom is -0.432 e. The molecule has 0 unspecified atom stereocenters. The number of hydrogen-bond acceptors (Lipinski definition) is 5. The van der Waals surface area contributed by atoms with E-state index < -0.39 is 8.32 Å². The molecule has 3 atom stereocenters. The zero-order chi connectivity index (χ0) is 16.9. The lowest BCUT2D eigenvalue weighted by Crippen LogP contribution is -2.34. The van der Waals surface area contributed by atoms with Crippen LogP contribution < -0.4 is 11.3 Å². The van der Waals surface area contributed by atoms with Crippen molar-refractivity contribution in [1.82, 2.24) is 19.5 Å². The van der Waals surface area contributed by atoms with Gasteiger partial charge in [0, 0.05) is 0 Å². The van der Waals surface area contributed by atoms with E-state index in [4.69, 9.17) is 5.73 Å². The molecule has 0 amide bonds. The first-order valence-electron chi connectivity index (χ1n) is 7.87. The molecule has 7 nitrogen and oxygen atoms in total. The van der Waals surface area contributed by atoms with Crippen molar-refractivity contribution in [3.8, 4) is 0 Å². The number of nitrogen functional groups attached to an aromatic ring is 1. The van der Waals surface area contributed by atoms with Crippen molar-refractivity contribution in [2.24, 2.45) is 5.92 Å². The SMILES string of the molecule is C=C1[C@H](CC)[C@@H]([Si](C)(C)O)C[C@@H]1n1cnc2c(=O)[nH]c(N)nc21. The van der Waals surface area contributed by atoms with Crippen molar-refractivity contribution in [3.63, 3.8) is 0 Å². The van der Waals surface area contributed by atoms with Crippen LogP contribution in [0.25, 0.3) is 11.2 Å². The lowest BCUT2D eigenvalue weighted by atomic mass is 10.00. The highest BCUT2D eigenvalue weighted by Gasteiger charge is 2.46. The summed E-state index contributed by atoms with van der Waals surface area (Å²) >= 11 is 0. The maximum absolute atomic E-state index is 11.9. The van der Waals surface area contributed by atoms with Crippen LogP contribution in [-0.2, 0) is 0 Å². The van der Waals surface area contributed by atoms with Gasteiger partial charge in [0.2, 0.25) is 5.95 Å². The van der Waals surface area contributed by atoms with E-state index in [9.17, 15) is 9.59 Å². The van der Waals surface area contributed by atoms with Crippen molar-refractivity contribution < 1.29 is 4.80 Å². The molecule has 2 heterocycles. The van der Waals surface area contributed by atoms with Crippen LogP contribution in [0.5, 0.6) is 0 Å². The zero-order valence-electron chi connectivity index (χ0n) is 13.7. The Bertz CT molecular complexity index is 819. The summed E-state index contributed by atoms with van der Waals surface area (Å²) in [6, 6.07) is -0.0115. The molecule has 124 valence electrons. The topological polar surface area (TPSA) is 110 Å². The molecule has 0 bridgehead atoms. The molecule has 0 spiro atoms. The van der Waals surface area contributed by atoms with Crippen molar-refractivity contribution in [1.29, 1.82) is 0 Å². The van der Waals surface area contributed by atoms with Gasteiger partial charge in [0.25, 0.3) is 5.56 Å². The monoisotopic (exact) mass is 333 g/mol. The number of imidazole rings is 1. The fourth-order valence-corrected chi connectivity index (χ4v) is 6.09. The first-order chi connectivity index (χ1) is 10.7. The molecule has 1 fully saturated rings. The van der Waals surface area contributed by atoms with Gasteiger partial charge in [0.15, 0.2) is 19.5 Å². The van der Waals surface area contributed by atoms with Gasteiger partial charge >= 0.3 is 0 Å².